The fraction of sp³-hybridized carbons (Fsp3) is 0.375. The molecule has 1 fully saturated rings. The van der Waals surface area contributed by atoms with Gasteiger partial charge in [0.25, 0.3) is 0 Å². The fourth-order valence-corrected chi connectivity index (χ4v) is 3.76. The molecule has 0 amide bonds. The van der Waals surface area contributed by atoms with Crippen LogP contribution in [-0.4, -0.2) is 33.5 Å². The molecule has 2 aromatic rings. The van der Waals surface area contributed by atoms with E-state index >= 15 is 0 Å². The molecule has 1 atom stereocenters. The Kier molecular flexibility index (Phi) is 4.49. The molecule has 1 unspecified atom stereocenters. The number of hydrogen-bond acceptors (Lipinski definition) is 4. The minimum Gasteiger partial charge on any atom is -0.480 e. The molecule has 4 nitrogen and oxygen atoms in total. The van der Waals surface area contributed by atoms with E-state index in [1.807, 2.05) is 4.90 Å². The van der Waals surface area contributed by atoms with Crippen LogP contribution in [0.1, 0.15) is 24.1 Å². The van der Waals surface area contributed by atoms with Gasteiger partial charge in [-0.05, 0) is 31.5 Å². The normalized spacial score (nSPS) is 19.2. The molecule has 6 heteroatoms. The average molecular weight is 320 g/mol. The van der Waals surface area contributed by atoms with Crippen LogP contribution in [0.3, 0.4) is 0 Å². The lowest BCUT2D eigenvalue weighted by molar-refractivity contribution is -0.144. The molecule has 2 heterocycles. The Hall–Kier alpha value is -1.79. The van der Waals surface area contributed by atoms with Crippen molar-refractivity contribution in [1.29, 1.82) is 0 Å². The number of carboxylic acids is 1. The number of piperidine rings is 1. The monoisotopic (exact) mass is 320 g/mol. The van der Waals surface area contributed by atoms with E-state index in [4.69, 9.17) is 0 Å². The topological polar surface area (TPSA) is 53.4 Å². The van der Waals surface area contributed by atoms with Gasteiger partial charge >= 0.3 is 5.97 Å². The van der Waals surface area contributed by atoms with Crippen LogP contribution in [0, 0.1) is 5.82 Å². The maximum Gasteiger partial charge on any atom is 0.320 e. The van der Waals surface area contributed by atoms with Crippen LogP contribution < -0.4 is 0 Å². The van der Waals surface area contributed by atoms with Gasteiger partial charge in [-0.25, -0.2) is 9.37 Å². The van der Waals surface area contributed by atoms with Crippen LogP contribution >= 0.6 is 11.3 Å². The summed E-state index contributed by atoms with van der Waals surface area (Å²) in [6.07, 6.45) is 4.38. The minimum atomic E-state index is -0.765. The number of hydrogen-bond donors (Lipinski definition) is 1. The molecule has 0 saturated carbocycles. The van der Waals surface area contributed by atoms with E-state index in [0.717, 1.165) is 24.3 Å². The second-order valence-corrected chi connectivity index (χ2v) is 6.55. The molecule has 1 aliphatic heterocycles. The van der Waals surface area contributed by atoms with Crippen molar-refractivity contribution in [3.05, 3.63) is 41.2 Å². The van der Waals surface area contributed by atoms with Crippen LogP contribution in [0.2, 0.25) is 0 Å². The number of aromatic nitrogens is 1. The molecular weight excluding hydrogens is 303 g/mol. The lowest BCUT2D eigenvalue weighted by Crippen LogP contribution is -2.43. The SMILES string of the molecule is O=C(O)C1CCCCN1Cc1cnc(-c2ccccc2F)s1. The van der Waals surface area contributed by atoms with E-state index < -0.39 is 12.0 Å². The number of aliphatic carboxylic acids is 1. The van der Waals surface area contributed by atoms with Gasteiger partial charge in [-0.1, -0.05) is 18.6 Å². The Morgan fingerprint density at radius 1 is 1.41 bits per heavy atom. The first-order valence-corrected chi connectivity index (χ1v) is 8.13. The highest BCUT2D eigenvalue weighted by Crippen LogP contribution is 2.29. The highest BCUT2D eigenvalue weighted by atomic mass is 32.1. The van der Waals surface area contributed by atoms with Gasteiger partial charge in [-0.3, -0.25) is 9.69 Å². The molecule has 0 spiro atoms. The van der Waals surface area contributed by atoms with Gasteiger partial charge in [0.15, 0.2) is 0 Å². The quantitative estimate of drug-likeness (QED) is 0.938. The number of nitrogens with zero attached hydrogens (tertiary/aromatic N) is 2. The average Bonchev–Trinajstić information content (AvgIpc) is 2.96. The van der Waals surface area contributed by atoms with Crippen molar-refractivity contribution in [3.63, 3.8) is 0 Å². The summed E-state index contributed by atoms with van der Waals surface area (Å²) in [6.45, 7) is 1.34. The Morgan fingerprint density at radius 2 is 2.23 bits per heavy atom. The largest absolute Gasteiger partial charge is 0.480 e. The van der Waals surface area contributed by atoms with Crippen molar-refractivity contribution in [2.45, 2.75) is 31.8 Å². The number of benzene rings is 1. The third-order valence-corrected chi connectivity index (χ3v) is 4.93. The zero-order chi connectivity index (χ0) is 15.5. The second kappa shape index (κ2) is 6.54. The van der Waals surface area contributed by atoms with E-state index in [0.29, 0.717) is 23.5 Å². The third kappa shape index (κ3) is 3.18. The van der Waals surface area contributed by atoms with Gasteiger partial charge in [0.05, 0.1) is 0 Å². The van der Waals surface area contributed by atoms with E-state index in [1.54, 1.807) is 24.4 Å². The molecule has 116 valence electrons. The predicted molar refractivity (Wildman–Crippen MR) is 83.2 cm³/mol. The van der Waals surface area contributed by atoms with Crippen molar-refractivity contribution in [2.75, 3.05) is 6.54 Å². The zero-order valence-corrected chi connectivity index (χ0v) is 12.9. The molecule has 1 aromatic heterocycles. The maximum absolute atomic E-state index is 13.8. The lowest BCUT2D eigenvalue weighted by Gasteiger charge is -2.32. The molecule has 1 N–H and O–H groups in total. The highest BCUT2D eigenvalue weighted by molar-refractivity contribution is 7.15. The Balaban J connectivity index is 1.77. The van der Waals surface area contributed by atoms with Gasteiger partial charge < -0.3 is 5.11 Å². The van der Waals surface area contributed by atoms with Gasteiger partial charge in [0, 0.05) is 23.2 Å². The summed E-state index contributed by atoms with van der Waals surface area (Å²) in [5.74, 6) is -1.05. The predicted octanol–water partition coefficient (Wildman–Crippen LogP) is 3.39. The van der Waals surface area contributed by atoms with E-state index in [9.17, 15) is 14.3 Å². The first-order valence-electron chi connectivity index (χ1n) is 7.31. The number of carboxylic acid groups (broad SMARTS) is 1. The summed E-state index contributed by atoms with van der Waals surface area (Å²) in [5, 5.41) is 9.94. The second-order valence-electron chi connectivity index (χ2n) is 5.43. The number of halogens is 1. The summed E-state index contributed by atoms with van der Waals surface area (Å²) in [7, 11) is 0. The highest BCUT2D eigenvalue weighted by Gasteiger charge is 2.28. The van der Waals surface area contributed by atoms with Crippen LogP contribution in [0.4, 0.5) is 4.39 Å². The number of likely N-dealkylation sites (tertiary alicyclic amines) is 1. The summed E-state index contributed by atoms with van der Waals surface area (Å²) >= 11 is 1.42. The molecule has 22 heavy (non-hydrogen) atoms. The molecule has 0 radical (unpaired) electrons. The molecular formula is C16H17FN2O2S. The molecule has 0 bridgehead atoms. The van der Waals surface area contributed by atoms with Crippen molar-refractivity contribution < 1.29 is 14.3 Å². The van der Waals surface area contributed by atoms with Crippen LogP contribution in [-0.2, 0) is 11.3 Å². The molecule has 1 aliphatic rings. The van der Waals surface area contributed by atoms with E-state index in [2.05, 4.69) is 4.98 Å². The van der Waals surface area contributed by atoms with Crippen molar-refractivity contribution >= 4 is 17.3 Å². The Morgan fingerprint density at radius 3 is 3.00 bits per heavy atom. The van der Waals surface area contributed by atoms with Gasteiger partial charge in [0.2, 0.25) is 0 Å². The number of carbonyl (C=O) groups is 1. The molecule has 3 rings (SSSR count). The van der Waals surface area contributed by atoms with Gasteiger partial charge in [-0.2, -0.15) is 0 Å². The van der Waals surface area contributed by atoms with E-state index in [-0.39, 0.29) is 5.82 Å². The van der Waals surface area contributed by atoms with Crippen molar-refractivity contribution in [1.82, 2.24) is 9.88 Å². The molecule has 1 aromatic carbocycles. The summed E-state index contributed by atoms with van der Waals surface area (Å²) in [5.41, 5.74) is 0.493. The maximum atomic E-state index is 13.8. The number of rotatable bonds is 4. The van der Waals surface area contributed by atoms with E-state index in [1.165, 1.54) is 17.4 Å². The molecule has 0 aliphatic carbocycles. The molecule has 1 saturated heterocycles. The van der Waals surface area contributed by atoms with Crippen molar-refractivity contribution in [3.8, 4) is 10.6 Å². The summed E-state index contributed by atoms with van der Waals surface area (Å²) in [6, 6.07) is 6.14. The van der Waals surface area contributed by atoms with Gasteiger partial charge in [-0.15, -0.1) is 11.3 Å². The van der Waals surface area contributed by atoms with Gasteiger partial charge in [0.1, 0.15) is 16.9 Å². The lowest BCUT2D eigenvalue weighted by atomic mass is 10.0. The van der Waals surface area contributed by atoms with Crippen LogP contribution in [0.25, 0.3) is 10.6 Å². The van der Waals surface area contributed by atoms with Crippen molar-refractivity contribution in [2.24, 2.45) is 0 Å². The smallest absolute Gasteiger partial charge is 0.320 e. The first kappa shape index (κ1) is 15.1. The van der Waals surface area contributed by atoms with Crippen LogP contribution in [0.5, 0.6) is 0 Å². The first-order chi connectivity index (χ1) is 10.6. The summed E-state index contributed by atoms with van der Waals surface area (Å²) in [4.78, 5) is 18.6. The standard InChI is InChI=1S/C16H17FN2O2S/c17-13-6-2-1-5-12(13)15-18-9-11(22-15)10-19-8-4-3-7-14(19)16(20)21/h1-2,5-6,9,14H,3-4,7-8,10H2,(H,20,21). The fourth-order valence-electron chi connectivity index (χ4n) is 2.80. The number of thiazole rings is 1. The summed E-state index contributed by atoms with van der Waals surface area (Å²) < 4.78 is 13.8. The zero-order valence-electron chi connectivity index (χ0n) is 12.0. The Bertz CT molecular complexity index is 674. The Labute approximate surface area is 132 Å². The van der Waals surface area contributed by atoms with Crippen LogP contribution in [0.15, 0.2) is 30.5 Å². The third-order valence-electron chi connectivity index (χ3n) is 3.92. The minimum absolute atomic E-state index is 0.287.